The molecule has 0 radical (unpaired) electrons. The van der Waals surface area contributed by atoms with E-state index in [4.69, 9.17) is 5.26 Å². The number of nitrogens with zero attached hydrogens (tertiary/aromatic N) is 1. The number of carbonyl (C=O) groups is 1. The third-order valence-corrected chi connectivity index (χ3v) is 3.07. The number of carbonyl (C=O) groups excluding carboxylic acids is 1. The van der Waals surface area contributed by atoms with Gasteiger partial charge in [-0.15, -0.1) is 0 Å². The molecule has 0 saturated heterocycles. The average molecular weight is 282 g/mol. The van der Waals surface area contributed by atoms with Crippen LogP contribution in [0.1, 0.15) is 23.6 Å². The van der Waals surface area contributed by atoms with Crippen LogP contribution in [0.5, 0.6) is 0 Å². The van der Waals surface area contributed by atoms with Gasteiger partial charge in [-0.2, -0.15) is 5.26 Å². The van der Waals surface area contributed by atoms with Gasteiger partial charge in [0.25, 0.3) is 0 Å². The largest absolute Gasteiger partial charge is 0.469 e. The van der Waals surface area contributed by atoms with Crippen molar-refractivity contribution in [1.82, 2.24) is 0 Å². The summed E-state index contributed by atoms with van der Waals surface area (Å²) >= 11 is 3.35. The Morgan fingerprint density at radius 1 is 1.50 bits per heavy atom. The Kier molecular flexibility index (Phi) is 4.51. The maximum absolute atomic E-state index is 11.2. The summed E-state index contributed by atoms with van der Waals surface area (Å²) in [4.78, 5) is 11.2. The van der Waals surface area contributed by atoms with Crippen molar-refractivity contribution in [2.24, 2.45) is 0 Å². The van der Waals surface area contributed by atoms with Crippen LogP contribution in [-0.2, 0) is 22.4 Å². The molecule has 0 heterocycles. The topological polar surface area (TPSA) is 50.1 Å². The van der Waals surface area contributed by atoms with E-state index in [1.54, 1.807) is 6.07 Å². The van der Waals surface area contributed by atoms with Gasteiger partial charge in [0, 0.05) is 4.47 Å². The molecule has 0 aliphatic carbocycles. The number of halogens is 1. The van der Waals surface area contributed by atoms with E-state index in [0.717, 1.165) is 22.0 Å². The molecule has 0 atom stereocenters. The van der Waals surface area contributed by atoms with E-state index in [9.17, 15) is 4.79 Å². The van der Waals surface area contributed by atoms with Gasteiger partial charge < -0.3 is 4.74 Å². The van der Waals surface area contributed by atoms with Crippen LogP contribution in [0.25, 0.3) is 0 Å². The van der Waals surface area contributed by atoms with Gasteiger partial charge in [0.05, 0.1) is 25.2 Å². The number of aryl methyl sites for hydroxylation is 1. The van der Waals surface area contributed by atoms with Crippen LogP contribution < -0.4 is 0 Å². The lowest BCUT2D eigenvalue weighted by Crippen LogP contribution is -2.06. The van der Waals surface area contributed by atoms with Crippen LogP contribution in [-0.4, -0.2) is 13.1 Å². The monoisotopic (exact) mass is 281 g/mol. The summed E-state index contributed by atoms with van der Waals surface area (Å²) in [5.41, 5.74) is 2.44. The summed E-state index contributed by atoms with van der Waals surface area (Å²) in [6.07, 6.45) is 0.986. The Labute approximate surface area is 103 Å². The van der Waals surface area contributed by atoms with Crippen LogP contribution in [0, 0.1) is 11.3 Å². The van der Waals surface area contributed by atoms with E-state index in [2.05, 4.69) is 26.7 Å². The fourth-order valence-electron chi connectivity index (χ4n) is 1.43. The summed E-state index contributed by atoms with van der Waals surface area (Å²) in [6.45, 7) is 1.98. The molecule has 0 aliphatic rings. The van der Waals surface area contributed by atoms with Crippen molar-refractivity contribution < 1.29 is 9.53 Å². The summed E-state index contributed by atoms with van der Waals surface area (Å²) in [6, 6.07) is 5.76. The lowest BCUT2D eigenvalue weighted by Gasteiger charge is -2.07. The number of nitriles is 1. The maximum atomic E-state index is 11.2. The van der Waals surface area contributed by atoms with Crippen LogP contribution >= 0.6 is 15.9 Å². The molecule has 0 aromatic heterocycles. The van der Waals surface area contributed by atoms with E-state index in [0.29, 0.717) is 5.56 Å². The van der Waals surface area contributed by atoms with Crippen molar-refractivity contribution in [1.29, 1.82) is 5.26 Å². The molecule has 0 fully saturated rings. The van der Waals surface area contributed by atoms with Gasteiger partial charge in [0.1, 0.15) is 0 Å². The highest BCUT2D eigenvalue weighted by molar-refractivity contribution is 9.10. The number of ether oxygens (including phenoxy) is 1. The predicted octanol–water partition coefficient (Wildman–Crippen LogP) is 2.60. The second-order valence-corrected chi connectivity index (χ2v) is 4.17. The van der Waals surface area contributed by atoms with Gasteiger partial charge in [-0.1, -0.05) is 28.9 Å². The van der Waals surface area contributed by atoms with Crippen molar-refractivity contribution >= 4 is 21.9 Å². The second-order valence-electron chi connectivity index (χ2n) is 3.32. The molecule has 0 spiro atoms. The molecule has 4 heteroatoms. The van der Waals surface area contributed by atoms with E-state index in [-0.39, 0.29) is 12.4 Å². The fraction of sp³-hybridized carbons (Fsp3) is 0.333. The molecule has 0 unspecified atom stereocenters. The first kappa shape index (κ1) is 12.7. The minimum atomic E-state index is -0.285. The SMILES string of the molecule is CCc1cc(CC(=O)OC)c(Br)cc1C#N. The molecule has 16 heavy (non-hydrogen) atoms. The highest BCUT2D eigenvalue weighted by Gasteiger charge is 2.10. The first-order valence-electron chi connectivity index (χ1n) is 4.90. The highest BCUT2D eigenvalue weighted by atomic mass is 79.9. The Morgan fingerprint density at radius 2 is 2.19 bits per heavy atom. The van der Waals surface area contributed by atoms with Gasteiger partial charge in [0.15, 0.2) is 0 Å². The zero-order valence-electron chi connectivity index (χ0n) is 9.21. The number of hydrogen-bond acceptors (Lipinski definition) is 3. The van der Waals surface area contributed by atoms with Crippen LogP contribution in [0.2, 0.25) is 0 Å². The first-order chi connectivity index (χ1) is 7.62. The zero-order chi connectivity index (χ0) is 12.1. The standard InChI is InChI=1S/C12H12BrNO2/c1-3-8-4-9(6-12(15)16-2)11(13)5-10(8)7-14/h4-5H,3,6H2,1-2H3. The fourth-order valence-corrected chi connectivity index (χ4v) is 1.91. The molecule has 0 N–H and O–H groups in total. The Balaban J connectivity index is 3.12. The Bertz CT molecular complexity index is 449. The summed E-state index contributed by atoms with van der Waals surface area (Å²) in [5, 5.41) is 8.93. The van der Waals surface area contributed by atoms with Crippen LogP contribution in [0.4, 0.5) is 0 Å². The number of benzene rings is 1. The van der Waals surface area contributed by atoms with Crippen molar-refractivity contribution in [2.45, 2.75) is 19.8 Å². The van der Waals surface area contributed by atoms with Crippen molar-refractivity contribution in [3.63, 3.8) is 0 Å². The van der Waals surface area contributed by atoms with Gasteiger partial charge in [-0.3, -0.25) is 4.79 Å². The lowest BCUT2D eigenvalue weighted by molar-refractivity contribution is -0.139. The number of hydrogen-bond donors (Lipinski definition) is 0. The third-order valence-electron chi connectivity index (χ3n) is 2.34. The quantitative estimate of drug-likeness (QED) is 0.801. The first-order valence-corrected chi connectivity index (χ1v) is 5.69. The van der Waals surface area contributed by atoms with Crippen molar-refractivity contribution in [3.8, 4) is 6.07 Å². The lowest BCUT2D eigenvalue weighted by atomic mass is 10.0. The van der Waals surface area contributed by atoms with E-state index >= 15 is 0 Å². The minimum Gasteiger partial charge on any atom is -0.469 e. The molecule has 0 amide bonds. The molecule has 84 valence electrons. The number of esters is 1. The Hall–Kier alpha value is -1.34. The van der Waals surface area contributed by atoms with Gasteiger partial charge in [0.2, 0.25) is 0 Å². The molecule has 1 aromatic carbocycles. The zero-order valence-corrected chi connectivity index (χ0v) is 10.8. The van der Waals surface area contributed by atoms with Crippen molar-refractivity contribution in [2.75, 3.05) is 7.11 Å². The van der Waals surface area contributed by atoms with Crippen LogP contribution in [0.15, 0.2) is 16.6 Å². The van der Waals surface area contributed by atoms with E-state index < -0.39 is 0 Å². The maximum Gasteiger partial charge on any atom is 0.310 e. The van der Waals surface area contributed by atoms with E-state index in [1.165, 1.54) is 7.11 Å². The molecular weight excluding hydrogens is 270 g/mol. The summed E-state index contributed by atoms with van der Waals surface area (Å²) in [7, 11) is 1.36. The summed E-state index contributed by atoms with van der Waals surface area (Å²) < 4.78 is 5.38. The normalized spacial score (nSPS) is 9.62. The smallest absolute Gasteiger partial charge is 0.310 e. The third kappa shape index (κ3) is 2.83. The van der Waals surface area contributed by atoms with Gasteiger partial charge >= 0.3 is 5.97 Å². The highest BCUT2D eigenvalue weighted by Crippen LogP contribution is 2.23. The molecule has 0 aliphatic heterocycles. The van der Waals surface area contributed by atoms with Gasteiger partial charge in [-0.05, 0) is 23.6 Å². The second kappa shape index (κ2) is 5.66. The van der Waals surface area contributed by atoms with E-state index in [1.807, 2.05) is 13.0 Å². The number of rotatable bonds is 3. The van der Waals surface area contributed by atoms with Crippen LogP contribution in [0.3, 0.4) is 0 Å². The molecule has 0 bridgehead atoms. The molecule has 0 saturated carbocycles. The molecular formula is C12H12BrNO2. The Morgan fingerprint density at radius 3 is 2.69 bits per heavy atom. The minimum absolute atomic E-state index is 0.218. The van der Waals surface area contributed by atoms with Gasteiger partial charge in [-0.25, -0.2) is 0 Å². The number of methoxy groups -OCH3 is 1. The van der Waals surface area contributed by atoms with Crippen molar-refractivity contribution in [3.05, 3.63) is 33.3 Å². The predicted molar refractivity (Wildman–Crippen MR) is 64.0 cm³/mol. The molecule has 3 nitrogen and oxygen atoms in total. The summed E-state index contributed by atoms with van der Waals surface area (Å²) in [5.74, 6) is -0.285. The molecule has 1 rings (SSSR count). The molecule has 1 aromatic rings. The average Bonchev–Trinajstić information content (AvgIpc) is 2.30.